The molecule has 1 aromatic rings. The Bertz CT molecular complexity index is 975. The number of carbonyl (C=O) groups is 4. The standard InChI is InChI=1S/C27H41NO9/c1-10-16(3)35-25(33)34-14-15(2)20(21(28)22(29)30)17-11-12-18(36-23(31)26(4,5)6)19(13-17)37-24(32)27(7,8)9/h11-13,15-16,20-21H,10,14,28H2,1-9H3,(H,29,30)/t15?,16?,20?,21-/m0/s1. The average Bonchev–Trinajstić information content (AvgIpc) is 2.77. The van der Waals surface area contributed by atoms with E-state index in [1.807, 2.05) is 6.92 Å². The molecule has 0 fully saturated rings. The van der Waals surface area contributed by atoms with Crippen LogP contribution in [0.25, 0.3) is 0 Å². The molecule has 10 heteroatoms. The molecule has 0 saturated carbocycles. The number of carboxylic acids is 1. The lowest BCUT2D eigenvalue weighted by Crippen LogP contribution is -2.40. The molecule has 208 valence electrons. The first kappa shape index (κ1) is 31.9. The monoisotopic (exact) mass is 523 g/mol. The normalized spacial score (nSPS) is 15.1. The Morgan fingerprint density at radius 3 is 1.89 bits per heavy atom. The van der Waals surface area contributed by atoms with Gasteiger partial charge in [0.25, 0.3) is 0 Å². The molecule has 3 unspecified atom stereocenters. The maximum atomic E-state index is 12.7. The highest BCUT2D eigenvalue weighted by molar-refractivity contribution is 5.81. The summed E-state index contributed by atoms with van der Waals surface area (Å²) in [5, 5.41) is 9.66. The van der Waals surface area contributed by atoms with Gasteiger partial charge in [-0.15, -0.1) is 0 Å². The topological polar surface area (TPSA) is 151 Å². The van der Waals surface area contributed by atoms with E-state index in [0.29, 0.717) is 12.0 Å². The third-order valence-electron chi connectivity index (χ3n) is 5.60. The van der Waals surface area contributed by atoms with Crippen LogP contribution < -0.4 is 15.2 Å². The van der Waals surface area contributed by atoms with Crippen molar-refractivity contribution in [1.29, 1.82) is 0 Å². The lowest BCUT2D eigenvalue weighted by Gasteiger charge is -2.28. The van der Waals surface area contributed by atoms with Gasteiger partial charge in [-0.1, -0.05) is 19.9 Å². The SMILES string of the molecule is CCC(C)OC(=O)OCC(C)C(c1ccc(OC(=O)C(C)(C)C)c(OC(=O)C(C)(C)C)c1)[C@H](N)C(=O)O. The first-order valence-corrected chi connectivity index (χ1v) is 12.3. The van der Waals surface area contributed by atoms with E-state index in [1.54, 1.807) is 61.5 Å². The summed E-state index contributed by atoms with van der Waals surface area (Å²) in [7, 11) is 0. The fourth-order valence-electron chi connectivity index (χ4n) is 3.03. The van der Waals surface area contributed by atoms with E-state index in [-0.39, 0.29) is 24.2 Å². The van der Waals surface area contributed by atoms with Crippen LogP contribution >= 0.6 is 0 Å². The van der Waals surface area contributed by atoms with Crippen molar-refractivity contribution < 1.29 is 43.2 Å². The molecule has 0 amide bonds. The van der Waals surface area contributed by atoms with Crippen molar-refractivity contribution in [2.24, 2.45) is 22.5 Å². The van der Waals surface area contributed by atoms with Gasteiger partial charge in [0.1, 0.15) is 12.1 Å². The van der Waals surface area contributed by atoms with Crippen molar-refractivity contribution in [1.82, 2.24) is 0 Å². The number of rotatable bonds is 10. The predicted molar refractivity (Wildman–Crippen MR) is 136 cm³/mol. The van der Waals surface area contributed by atoms with E-state index in [4.69, 9.17) is 24.7 Å². The van der Waals surface area contributed by atoms with Crippen molar-refractivity contribution >= 4 is 24.1 Å². The van der Waals surface area contributed by atoms with Crippen LogP contribution in [0, 0.1) is 16.7 Å². The molecule has 37 heavy (non-hydrogen) atoms. The lowest BCUT2D eigenvalue weighted by atomic mass is 9.82. The largest absolute Gasteiger partial charge is 0.508 e. The minimum absolute atomic E-state index is 0.00459. The smallest absolute Gasteiger partial charge is 0.480 e. The molecule has 0 saturated heterocycles. The van der Waals surface area contributed by atoms with Crippen molar-refractivity contribution in [3.63, 3.8) is 0 Å². The highest BCUT2D eigenvalue weighted by Crippen LogP contribution is 2.37. The molecule has 0 heterocycles. The lowest BCUT2D eigenvalue weighted by molar-refractivity contribution is -0.145. The third kappa shape index (κ3) is 9.68. The zero-order chi connectivity index (χ0) is 28.7. The van der Waals surface area contributed by atoms with Gasteiger partial charge in [-0.2, -0.15) is 0 Å². The second kappa shape index (κ2) is 12.9. The maximum Gasteiger partial charge on any atom is 0.508 e. The summed E-state index contributed by atoms with van der Waals surface area (Å²) < 4.78 is 21.4. The molecule has 4 atom stereocenters. The van der Waals surface area contributed by atoms with Crippen molar-refractivity contribution in [3.8, 4) is 11.5 Å². The van der Waals surface area contributed by atoms with E-state index >= 15 is 0 Å². The third-order valence-corrected chi connectivity index (χ3v) is 5.60. The van der Waals surface area contributed by atoms with Crippen LogP contribution in [-0.4, -0.2) is 47.9 Å². The summed E-state index contributed by atoms with van der Waals surface area (Å²) in [4.78, 5) is 49.0. The van der Waals surface area contributed by atoms with E-state index < -0.39 is 52.8 Å². The van der Waals surface area contributed by atoms with Crippen LogP contribution in [0.2, 0.25) is 0 Å². The van der Waals surface area contributed by atoms with Gasteiger partial charge in [-0.05, 0) is 78.5 Å². The molecular formula is C27H41NO9. The minimum Gasteiger partial charge on any atom is -0.480 e. The number of carbonyl (C=O) groups excluding carboxylic acids is 3. The Kier molecular flexibility index (Phi) is 11.1. The number of benzene rings is 1. The Morgan fingerprint density at radius 1 is 0.919 bits per heavy atom. The molecule has 1 aromatic carbocycles. The van der Waals surface area contributed by atoms with Gasteiger partial charge < -0.3 is 29.8 Å². The molecule has 0 aliphatic rings. The molecule has 0 radical (unpaired) electrons. The van der Waals surface area contributed by atoms with Gasteiger partial charge in [-0.3, -0.25) is 14.4 Å². The number of carboxylic acid groups (broad SMARTS) is 1. The molecule has 0 spiro atoms. The first-order chi connectivity index (χ1) is 16.9. The zero-order valence-electron chi connectivity index (χ0n) is 23.2. The second-order valence-electron chi connectivity index (χ2n) is 11.3. The Hall–Kier alpha value is -3.14. The fraction of sp³-hybridized carbons (Fsp3) is 0.630. The van der Waals surface area contributed by atoms with Crippen LogP contribution in [0.4, 0.5) is 4.79 Å². The number of ether oxygens (including phenoxy) is 4. The number of hydrogen-bond donors (Lipinski definition) is 2. The Balaban J connectivity index is 3.42. The number of hydrogen-bond acceptors (Lipinski definition) is 9. The van der Waals surface area contributed by atoms with Gasteiger partial charge in [0.05, 0.1) is 17.4 Å². The molecule has 0 bridgehead atoms. The summed E-state index contributed by atoms with van der Waals surface area (Å²) in [6.45, 7) is 15.1. The fourth-order valence-corrected chi connectivity index (χ4v) is 3.03. The number of aliphatic carboxylic acids is 1. The van der Waals surface area contributed by atoms with Gasteiger partial charge >= 0.3 is 24.1 Å². The highest BCUT2D eigenvalue weighted by atomic mass is 16.7. The molecule has 0 aliphatic carbocycles. The highest BCUT2D eigenvalue weighted by Gasteiger charge is 2.34. The molecule has 0 aromatic heterocycles. The van der Waals surface area contributed by atoms with Gasteiger partial charge in [-0.25, -0.2) is 4.79 Å². The summed E-state index contributed by atoms with van der Waals surface area (Å²) in [5.74, 6) is -3.87. The van der Waals surface area contributed by atoms with E-state index in [0.717, 1.165) is 0 Å². The number of esters is 2. The predicted octanol–water partition coefficient (Wildman–Crippen LogP) is 4.67. The first-order valence-electron chi connectivity index (χ1n) is 12.3. The minimum atomic E-state index is -1.38. The van der Waals surface area contributed by atoms with Crippen LogP contribution in [0.3, 0.4) is 0 Å². The zero-order valence-corrected chi connectivity index (χ0v) is 23.2. The van der Waals surface area contributed by atoms with Gasteiger partial charge in [0.15, 0.2) is 11.5 Å². The van der Waals surface area contributed by atoms with Crippen LogP contribution in [0.15, 0.2) is 18.2 Å². The van der Waals surface area contributed by atoms with Crippen LogP contribution in [0.1, 0.15) is 80.2 Å². The average molecular weight is 524 g/mol. The van der Waals surface area contributed by atoms with Gasteiger partial charge in [0, 0.05) is 5.92 Å². The summed E-state index contributed by atoms with van der Waals surface area (Å²) >= 11 is 0. The molecule has 0 aliphatic heterocycles. The van der Waals surface area contributed by atoms with Gasteiger partial charge in [0.2, 0.25) is 0 Å². The van der Waals surface area contributed by atoms with E-state index in [1.165, 1.54) is 12.1 Å². The summed E-state index contributed by atoms with van der Waals surface area (Å²) in [5.41, 5.74) is 4.74. The Labute approximate surface area is 218 Å². The van der Waals surface area contributed by atoms with Crippen LogP contribution in [-0.2, 0) is 23.9 Å². The van der Waals surface area contributed by atoms with E-state index in [2.05, 4.69) is 0 Å². The summed E-state index contributed by atoms with van der Waals surface area (Å²) in [6.07, 6.45) is -0.587. The Morgan fingerprint density at radius 2 is 1.43 bits per heavy atom. The van der Waals surface area contributed by atoms with Crippen LogP contribution in [0.5, 0.6) is 11.5 Å². The van der Waals surface area contributed by atoms with Crippen molar-refractivity contribution in [2.45, 2.75) is 86.8 Å². The molecular weight excluding hydrogens is 482 g/mol. The van der Waals surface area contributed by atoms with Crippen molar-refractivity contribution in [2.75, 3.05) is 6.61 Å². The van der Waals surface area contributed by atoms with E-state index in [9.17, 15) is 24.3 Å². The number of nitrogens with two attached hydrogens (primary N) is 1. The maximum absolute atomic E-state index is 12.7. The molecule has 10 nitrogen and oxygen atoms in total. The summed E-state index contributed by atoms with van der Waals surface area (Å²) in [6, 6.07) is 3.02. The quantitative estimate of drug-likeness (QED) is 0.327. The molecule has 1 rings (SSSR count). The second-order valence-corrected chi connectivity index (χ2v) is 11.3. The molecule has 3 N–H and O–H groups in total. The van der Waals surface area contributed by atoms with Crippen molar-refractivity contribution in [3.05, 3.63) is 23.8 Å².